The van der Waals surface area contributed by atoms with Gasteiger partial charge in [-0.3, -0.25) is 30.0 Å². The fourth-order valence-corrected chi connectivity index (χ4v) is 3.76. The highest BCUT2D eigenvalue weighted by atomic mass is 16.5. The van der Waals surface area contributed by atoms with Crippen LogP contribution in [0.1, 0.15) is 65.4 Å². The number of carbonyl (C=O) groups excluding carboxylic acids is 3. The van der Waals surface area contributed by atoms with Crippen LogP contribution in [0.15, 0.2) is 36.4 Å². The Kier molecular flexibility index (Phi) is 13.8. The zero-order valence-corrected chi connectivity index (χ0v) is 21.0. The first kappa shape index (κ1) is 29.3. The molecule has 0 heterocycles. The minimum Gasteiger partial charge on any atom is -0.330 e. The molecule has 0 saturated heterocycles. The van der Waals surface area contributed by atoms with E-state index < -0.39 is 23.7 Å². The molecule has 0 aromatic heterocycles. The van der Waals surface area contributed by atoms with E-state index in [1.807, 2.05) is 70.2 Å². The van der Waals surface area contributed by atoms with Gasteiger partial charge < -0.3 is 5.73 Å². The average Bonchev–Trinajstić information content (AvgIpc) is 2.80. The molecule has 1 aromatic rings. The summed E-state index contributed by atoms with van der Waals surface area (Å²) in [7, 11) is 0. The number of amides is 3. The van der Waals surface area contributed by atoms with Gasteiger partial charge in [0.2, 0.25) is 17.7 Å². The molecule has 0 aliphatic heterocycles. The largest absolute Gasteiger partial charge is 0.330 e. The van der Waals surface area contributed by atoms with Crippen LogP contribution in [0.5, 0.6) is 0 Å². The number of hydrazine groups is 1. The molecule has 1 aromatic carbocycles. The number of rotatable bonds is 14. The van der Waals surface area contributed by atoms with E-state index in [1.54, 1.807) is 5.48 Å². The van der Waals surface area contributed by atoms with Crippen molar-refractivity contribution in [2.75, 3.05) is 13.1 Å². The second-order valence-corrected chi connectivity index (χ2v) is 9.49. The first-order chi connectivity index (χ1) is 16.2. The Morgan fingerprint density at radius 3 is 2.24 bits per heavy atom. The number of hydrogen-bond donors (Lipinski definition) is 4. The van der Waals surface area contributed by atoms with Gasteiger partial charge in [0.15, 0.2) is 0 Å². The van der Waals surface area contributed by atoms with Gasteiger partial charge in [0.25, 0.3) is 0 Å². The van der Waals surface area contributed by atoms with Crippen LogP contribution in [0.2, 0.25) is 0 Å². The Morgan fingerprint density at radius 1 is 1.00 bits per heavy atom. The highest BCUT2D eigenvalue weighted by Crippen LogP contribution is 2.26. The Morgan fingerprint density at radius 2 is 1.68 bits per heavy atom. The molecule has 0 fully saturated rings. The lowest BCUT2D eigenvalue weighted by molar-refractivity contribution is -0.148. The van der Waals surface area contributed by atoms with E-state index in [0.29, 0.717) is 32.4 Å². The van der Waals surface area contributed by atoms with Crippen LogP contribution in [-0.4, -0.2) is 41.0 Å². The maximum atomic E-state index is 13.4. The lowest BCUT2D eigenvalue weighted by Crippen LogP contribution is -2.52. The predicted octanol–water partition coefficient (Wildman–Crippen LogP) is 3.52. The summed E-state index contributed by atoms with van der Waals surface area (Å²) in [5.74, 6) is -2.44. The van der Waals surface area contributed by atoms with Crippen LogP contribution in [0.25, 0.3) is 6.08 Å². The Hall–Kier alpha value is -2.71. The van der Waals surface area contributed by atoms with Crippen LogP contribution in [0.3, 0.4) is 0 Å². The minimum atomic E-state index is -0.791. The normalized spacial score (nSPS) is 13.2. The van der Waals surface area contributed by atoms with E-state index in [2.05, 4.69) is 5.43 Å². The van der Waals surface area contributed by atoms with Gasteiger partial charge >= 0.3 is 0 Å². The number of unbranched alkanes of at least 4 members (excludes halogenated alkanes) is 1. The summed E-state index contributed by atoms with van der Waals surface area (Å²) < 4.78 is 0. The summed E-state index contributed by atoms with van der Waals surface area (Å²) in [6.07, 6.45) is 6.08. The first-order valence-electron chi connectivity index (χ1n) is 12.2. The van der Waals surface area contributed by atoms with Crippen molar-refractivity contribution in [2.24, 2.45) is 29.4 Å². The molecule has 34 heavy (non-hydrogen) atoms. The van der Waals surface area contributed by atoms with Crippen LogP contribution >= 0.6 is 0 Å². The van der Waals surface area contributed by atoms with E-state index in [0.717, 1.165) is 12.0 Å². The summed E-state index contributed by atoms with van der Waals surface area (Å²) >= 11 is 0. The second kappa shape index (κ2) is 16.0. The smallest absolute Gasteiger partial charge is 0.247 e. The van der Waals surface area contributed by atoms with Gasteiger partial charge in [-0.15, -0.1) is 0 Å². The molecule has 0 aliphatic rings. The third-order valence-electron chi connectivity index (χ3n) is 5.43. The second-order valence-electron chi connectivity index (χ2n) is 9.49. The molecule has 0 aliphatic carbocycles. The number of benzene rings is 1. The molecule has 8 nitrogen and oxygen atoms in total. The highest BCUT2D eigenvalue weighted by Gasteiger charge is 2.34. The number of nitrogens with one attached hydrogen (secondary N) is 2. The molecule has 0 saturated carbocycles. The third-order valence-corrected chi connectivity index (χ3v) is 5.43. The molecule has 2 atom stereocenters. The fraction of sp³-hybridized carbons (Fsp3) is 0.577. The number of nitrogens with two attached hydrogens (primary N) is 1. The Labute approximate surface area is 203 Å². The van der Waals surface area contributed by atoms with Crippen molar-refractivity contribution < 1.29 is 19.6 Å². The average molecular weight is 475 g/mol. The zero-order chi connectivity index (χ0) is 25.5. The first-order valence-corrected chi connectivity index (χ1v) is 12.2. The predicted molar refractivity (Wildman–Crippen MR) is 134 cm³/mol. The molecule has 0 bridgehead atoms. The van der Waals surface area contributed by atoms with Gasteiger partial charge in [0.05, 0.1) is 11.8 Å². The monoisotopic (exact) mass is 474 g/mol. The van der Waals surface area contributed by atoms with Gasteiger partial charge in [-0.1, -0.05) is 70.2 Å². The van der Waals surface area contributed by atoms with Crippen molar-refractivity contribution >= 4 is 23.8 Å². The van der Waals surface area contributed by atoms with Gasteiger partial charge in [0.1, 0.15) is 0 Å². The van der Waals surface area contributed by atoms with E-state index in [9.17, 15) is 19.6 Å². The lowest BCUT2D eigenvalue weighted by Gasteiger charge is -2.30. The van der Waals surface area contributed by atoms with Crippen LogP contribution in [0.4, 0.5) is 0 Å². The van der Waals surface area contributed by atoms with Crippen LogP contribution < -0.4 is 16.6 Å². The van der Waals surface area contributed by atoms with Crippen molar-refractivity contribution in [3.8, 4) is 0 Å². The topological polar surface area (TPSA) is 125 Å². The van der Waals surface area contributed by atoms with Crippen molar-refractivity contribution in [3.63, 3.8) is 0 Å². The van der Waals surface area contributed by atoms with Gasteiger partial charge in [-0.05, 0) is 49.6 Å². The summed E-state index contributed by atoms with van der Waals surface area (Å²) in [5, 5.41) is 10.7. The molecule has 5 N–H and O–H groups in total. The molecular weight excluding hydrogens is 432 g/mol. The van der Waals surface area contributed by atoms with E-state index >= 15 is 0 Å². The molecule has 3 amide bonds. The summed E-state index contributed by atoms with van der Waals surface area (Å²) in [6, 6.07) is 9.63. The standard InChI is InChI=1S/C26H42N4O4/c1-19(2)17-23(22(26(33)29-34)14-10-13-21-11-6-5-7-12-21)25(32)28-30(18-20(3)4)24(31)15-8-9-16-27/h5-7,10-13,19-20,22-23,34H,8-9,14-18,27H2,1-4H3,(H,28,32)(H,29,33)/b13-10+/t22-,23+/m0/s1. The van der Waals surface area contributed by atoms with Gasteiger partial charge in [0, 0.05) is 13.0 Å². The highest BCUT2D eigenvalue weighted by molar-refractivity contribution is 5.89. The van der Waals surface area contributed by atoms with Gasteiger partial charge in [-0.25, -0.2) is 5.48 Å². The summed E-state index contributed by atoms with van der Waals surface area (Å²) in [5.41, 5.74) is 11.0. The molecule has 1 rings (SSSR count). The zero-order valence-electron chi connectivity index (χ0n) is 21.0. The van der Waals surface area contributed by atoms with Gasteiger partial charge in [-0.2, -0.15) is 0 Å². The van der Waals surface area contributed by atoms with E-state index in [1.165, 1.54) is 5.01 Å². The summed E-state index contributed by atoms with van der Waals surface area (Å²) in [6.45, 7) is 8.75. The van der Waals surface area contributed by atoms with Crippen LogP contribution in [-0.2, 0) is 14.4 Å². The SMILES string of the molecule is CC(C)C[C@@H](C(=O)NN(CC(C)C)C(=O)CCCCN)[C@H](C/C=C/c1ccccc1)C(=O)NO. The number of allylic oxidation sites excluding steroid dienone is 1. The number of hydrogen-bond acceptors (Lipinski definition) is 5. The molecule has 190 valence electrons. The maximum absolute atomic E-state index is 13.4. The van der Waals surface area contributed by atoms with Crippen molar-refractivity contribution in [2.45, 2.75) is 59.8 Å². The van der Waals surface area contributed by atoms with Crippen LogP contribution in [0, 0.1) is 23.7 Å². The quantitative estimate of drug-likeness (QED) is 0.187. The molecule has 0 unspecified atom stereocenters. The summed E-state index contributed by atoms with van der Waals surface area (Å²) in [4.78, 5) is 38.7. The Balaban J connectivity index is 3.08. The minimum absolute atomic E-state index is 0.127. The number of nitrogens with zero attached hydrogens (tertiary/aromatic N) is 1. The van der Waals surface area contributed by atoms with E-state index in [4.69, 9.17) is 5.73 Å². The molecule has 8 heteroatoms. The van der Waals surface area contributed by atoms with E-state index in [-0.39, 0.29) is 24.2 Å². The Bertz CT molecular complexity index is 780. The van der Waals surface area contributed by atoms with Crippen molar-refractivity contribution in [1.29, 1.82) is 0 Å². The van der Waals surface area contributed by atoms with Crippen molar-refractivity contribution in [1.82, 2.24) is 15.9 Å². The molecular formula is C26H42N4O4. The maximum Gasteiger partial charge on any atom is 0.247 e. The molecule has 0 spiro atoms. The molecule has 0 radical (unpaired) electrons. The number of carbonyl (C=O) groups is 3. The third kappa shape index (κ3) is 10.9. The fourth-order valence-electron chi connectivity index (χ4n) is 3.76. The number of hydroxylamine groups is 1. The lowest BCUT2D eigenvalue weighted by atomic mass is 9.82. The van der Waals surface area contributed by atoms with Crippen molar-refractivity contribution in [3.05, 3.63) is 42.0 Å².